The molecule has 0 N–H and O–H groups in total. The number of halogens is 3. The molecule has 0 radical (unpaired) electrons. The van der Waals surface area contributed by atoms with Crippen molar-refractivity contribution in [1.29, 1.82) is 5.26 Å². The van der Waals surface area contributed by atoms with E-state index in [4.69, 9.17) is 5.26 Å². The van der Waals surface area contributed by atoms with Gasteiger partial charge >= 0.3 is 6.18 Å². The van der Waals surface area contributed by atoms with Crippen LogP contribution < -0.4 is 0 Å². The summed E-state index contributed by atoms with van der Waals surface area (Å²) in [6.45, 7) is 0. The molecular formula is C8H2F3N3S. The lowest BCUT2D eigenvalue weighted by atomic mass is 10.2. The van der Waals surface area contributed by atoms with E-state index in [1.807, 2.05) is 5.16 Å². The van der Waals surface area contributed by atoms with Crippen LogP contribution >= 0.6 is 12.2 Å². The van der Waals surface area contributed by atoms with Gasteiger partial charge in [0, 0.05) is 0 Å². The van der Waals surface area contributed by atoms with Gasteiger partial charge in [0.2, 0.25) is 0 Å². The largest absolute Gasteiger partial charge is 0.434 e. The van der Waals surface area contributed by atoms with Crippen LogP contribution in [0.4, 0.5) is 19.0 Å². The second-order valence-corrected chi connectivity index (χ2v) is 2.56. The minimum absolute atomic E-state index is 0.226. The first-order chi connectivity index (χ1) is 6.99. The molecule has 3 nitrogen and oxygen atoms in total. The number of pyridine rings is 1. The molecule has 1 heterocycles. The number of aromatic nitrogens is 1. The fourth-order valence-electron chi connectivity index (χ4n) is 0.864. The van der Waals surface area contributed by atoms with Crippen LogP contribution in [0.5, 0.6) is 0 Å². The van der Waals surface area contributed by atoms with Crippen molar-refractivity contribution < 1.29 is 13.2 Å². The van der Waals surface area contributed by atoms with Crippen molar-refractivity contribution in [1.82, 2.24) is 4.98 Å². The summed E-state index contributed by atoms with van der Waals surface area (Å²) in [4.78, 5) is 6.46. The van der Waals surface area contributed by atoms with Gasteiger partial charge in [0.15, 0.2) is 11.5 Å². The summed E-state index contributed by atoms with van der Waals surface area (Å²) >= 11 is 4.23. The van der Waals surface area contributed by atoms with Crippen LogP contribution in [0, 0.1) is 11.3 Å². The van der Waals surface area contributed by atoms with Crippen LogP contribution in [-0.4, -0.2) is 10.1 Å². The van der Waals surface area contributed by atoms with Crippen LogP contribution in [0.3, 0.4) is 0 Å². The second-order valence-electron chi connectivity index (χ2n) is 2.38. The van der Waals surface area contributed by atoms with Crippen molar-refractivity contribution in [2.24, 2.45) is 4.99 Å². The smallest absolute Gasteiger partial charge is 0.222 e. The number of alkyl halides is 3. The van der Waals surface area contributed by atoms with Gasteiger partial charge in [-0.3, -0.25) is 0 Å². The van der Waals surface area contributed by atoms with Crippen molar-refractivity contribution in [3.05, 3.63) is 23.4 Å². The van der Waals surface area contributed by atoms with Crippen LogP contribution in [0.2, 0.25) is 0 Å². The highest BCUT2D eigenvalue weighted by atomic mass is 32.1. The number of nitriles is 1. The van der Waals surface area contributed by atoms with Crippen molar-refractivity contribution in [2.45, 2.75) is 6.18 Å². The van der Waals surface area contributed by atoms with Crippen LogP contribution in [-0.2, 0) is 6.18 Å². The average Bonchev–Trinajstić information content (AvgIpc) is 2.17. The summed E-state index contributed by atoms with van der Waals surface area (Å²) in [6.07, 6.45) is -4.68. The van der Waals surface area contributed by atoms with Crippen molar-refractivity contribution in [3.8, 4) is 6.07 Å². The lowest BCUT2D eigenvalue weighted by Gasteiger charge is -2.06. The first-order valence-corrected chi connectivity index (χ1v) is 3.96. The molecule has 1 aromatic rings. The topological polar surface area (TPSA) is 49.0 Å². The highest BCUT2D eigenvalue weighted by Crippen LogP contribution is 2.31. The Morgan fingerprint density at radius 3 is 2.53 bits per heavy atom. The second kappa shape index (κ2) is 4.17. The molecule has 0 fully saturated rings. The number of nitrogens with zero attached hydrogens (tertiary/aromatic N) is 3. The molecule has 0 saturated heterocycles. The Morgan fingerprint density at radius 2 is 2.07 bits per heavy atom. The van der Waals surface area contributed by atoms with Crippen molar-refractivity contribution >= 4 is 23.2 Å². The Kier molecular flexibility index (Phi) is 3.14. The maximum atomic E-state index is 12.4. The molecule has 76 valence electrons. The number of hydrogen-bond acceptors (Lipinski definition) is 4. The molecule has 1 rings (SSSR count). The minimum Gasteiger partial charge on any atom is -0.222 e. The van der Waals surface area contributed by atoms with Crippen molar-refractivity contribution in [3.63, 3.8) is 0 Å². The van der Waals surface area contributed by atoms with Gasteiger partial charge in [0.05, 0.1) is 10.7 Å². The Balaban J connectivity index is 3.40. The monoisotopic (exact) mass is 229 g/mol. The zero-order valence-electron chi connectivity index (χ0n) is 7.04. The summed E-state index contributed by atoms with van der Waals surface area (Å²) in [5, 5.41) is 10.3. The Bertz CT molecular complexity index is 469. The maximum absolute atomic E-state index is 12.4. The minimum atomic E-state index is -4.68. The summed E-state index contributed by atoms with van der Waals surface area (Å²) in [6, 6.07) is 3.55. The molecule has 0 bridgehead atoms. The molecule has 0 aromatic carbocycles. The Hall–Kier alpha value is -1.77. The fraction of sp³-hybridized carbons (Fsp3) is 0.125. The molecule has 0 atom stereocenters. The molecule has 0 unspecified atom stereocenters. The summed E-state index contributed by atoms with van der Waals surface area (Å²) in [7, 11) is 0. The maximum Gasteiger partial charge on any atom is 0.434 e. The lowest BCUT2D eigenvalue weighted by Crippen LogP contribution is -2.10. The third-order valence-corrected chi connectivity index (χ3v) is 1.52. The standard InChI is InChI=1S/C8H2F3N3S/c9-8(10,11)7-5(3-12)1-2-6(14-7)13-4-15/h1-2H. The van der Waals surface area contributed by atoms with E-state index < -0.39 is 17.4 Å². The van der Waals surface area contributed by atoms with E-state index in [0.717, 1.165) is 12.1 Å². The summed E-state index contributed by atoms with van der Waals surface area (Å²) < 4.78 is 37.1. The van der Waals surface area contributed by atoms with E-state index in [-0.39, 0.29) is 5.82 Å². The molecule has 0 aliphatic rings. The first-order valence-electron chi connectivity index (χ1n) is 3.55. The van der Waals surface area contributed by atoms with Crippen LogP contribution in [0.15, 0.2) is 17.1 Å². The lowest BCUT2D eigenvalue weighted by molar-refractivity contribution is -0.141. The van der Waals surface area contributed by atoms with E-state index >= 15 is 0 Å². The van der Waals surface area contributed by atoms with Gasteiger partial charge in [-0.2, -0.15) is 23.4 Å². The number of thiocarbonyl (C=S) groups is 1. The van der Waals surface area contributed by atoms with Crippen molar-refractivity contribution in [2.75, 3.05) is 0 Å². The van der Waals surface area contributed by atoms with Gasteiger partial charge in [-0.15, -0.1) is 0 Å². The molecule has 0 aliphatic carbocycles. The molecule has 15 heavy (non-hydrogen) atoms. The van der Waals surface area contributed by atoms with Gasteiger partial charge in [-0.25, -0.2) is 4.98 Å². The highest BCUT2D eigenvalue weighted by Gasteiger charge is 2.35. The van der Waals surface area contributed by atoms with E-state index in [1.54, 1.807) is 0 Å². The van der Waals surface area contributed by atoms with Crippen LogP contribution in [0.25, 0.3) is 0 Å². The molecule has 0 amide bonds. The fourth-order valence-corrected chi connectivity index (χ4v) is 0.958. The number of aliphatic imine (C=N–C) groups is 1. The number of isothiocyanates is 1. The van der Waals surface area contributed by atoms with E-state index in [0.29, 0.717) is 0 Å². The van der Waals surface area contributed by atoms with Crippen LogP contribution in [0.1, 0.15) is 11.3 Å². The predicted molar refractivity (Wildman–Crippen MR) is 48.6 cm³/mol. The van der Waals surface area contributed by atoms with E-state index in [2.05, 4.69) is 22.2 Å². The van der Waals surface area contributed by atoms with Gasteiger partial charge in [-0.05, 0) is 24.4 Å². The Morgan fingerprint density at radius 1 is 1.40 bits per heavy atom. The zero-order chi connectivity index (χ0) is 11.5. The molecule has 7 heteroatoms. The first kappa shape index (κ1) is 11.3. The zero-order valence-corrected chi connectivity index (χ0v) is 7.85. The average molecular weight is 229 g/mol. The predicted octanol–water partition coefficient (Wildman–Crippen LogP) is 2.71. The molecule has 1 aromatic heterocycles. The highest BCUT2D eigenvalue weighted by molar-refractivity contribution is 7.78. The number of rotatable bonds is 1. The van der Waals surface area contributed by atoms with Gasteiger partial charge in [-0.1, -0.05) is 0 Å². The van der Waals surface area contributed by atoms with E-state index in [9.17, 15) is 13.2 Å². The quantitative estimate of drug-likeness (QED) is 0.549. The normalized spacial score (nSPS) is 10.3. The Labute approximate surface area is 87.9 Å². The molecular weight excluding hydrogens is 227 g/mol. The molecule has 0 aliphatic heterocycles. The summed E-state index contributed by atoms with van der Waals surface area (Å²) in [5.74, 6) is -0.226. The summed E-state index contributed by atoms with van der Waals surface area (Å²) in [5.41, 5.74) is -1.82. The van der Waals surface area contributed by atoms with Gasteiger partial charge < -0.3 is 0 Å². The third-order valence-electron chi connectivity index (χ3n) is 1.43. The molecule has 0 spiro atoms. The van der Waals surface area contributed by atoms with Gasteiger partial charge in [0.25, 0.3) is 0 Å². The molecule has 0 saturated carbocycles. The third kappa shape index (κ3) is 2.59. The van der Waals surface area contributed by atoms with Gasteiger partial charge in [0.1, 0.15) is 6.07 Å². The number of hydrogen-bond donors (Lipinski definition) is 0. The van der Waals surface area contributed by atoms with E-state index in [1.165, 1.54) is 6.07 Å². The SMILES string of the molecule is N#Cc1ccc(N=C=S)nc1C(F)(F)F.